The molecular formula is C17H16F3N3O6S. The molecule has 0 spiro atoms. The summed E-state index contributed by atoms with van der Waals surface area (Å²) in [6, 6.07) is 4.20. The van der Waals surface area contributed by atoms with Crippen molar-refractivity contribution >= 4 is 27.6 Å². The molecule has 0 aliphatic heterocycles. The predicted octanol–water partition coefficient (Wildman–Crippen LogP) is 3.04. The third-order valence-electron chi connectivity index (χ3n) is 3.57. The Bertz CT molecular complexity index is 1030. The summed E-state index contributed by atoms with van der Waals surface area (Å²) < 4.78 is 73.2. The number of aromatic nitrogens is 2. The van der Waals surface area contributed by atoms with Crippen LogP contribution in [0, 0.1) is 0 Å². The quantitative estimate of drug-likeness (QED) is 0.595. The molecule has 0 saturated carbocycles. The van der Waals surface area contributed by atoms with Crippen molar-refractivity contribution in [2.24, 2.45) is 0 Å². The van der Waals surface area contributed by atoms with Gasteiger partial charge >= 0.3 is 27.5 Å². The number of halogens is 3. The number of carbonyl (C=O) groups excluding carboxylic acids is 2. The maximum absolute atomic E-state index is 13.2. The second-order valence-electron chi connectivity index (χ2n) is 5.66. The topological polar surface area (TPSA) is 116 Å². The van der Waals surface area contributed by atoms with Crippen LogP contribution in [0.4, 0.5) is 18.9 Å². The molecular weight excluding hydrogens is 431 g/mol. The maximum Gasteiger partial charge on any atom is 0.517 e. The van der Waals surface area contributed by atoms with Gasteiger partial charge in [-0.2, -0.15) is 25.9 Å². The summed E-state index contributed by atoms with van der Waals surface area (Å²) in [5, 5.41) is 0. The van der Waals surface area contributed by atoms with E-state index in [-0.39, 0.29) is 18.2 Å². The van der Waals surface area contributed by atoms with Gasteiger partial charge in [0, 0.05) is 18.8 Å². The molecule has 9 nitrogen and oxygen atoms in total. The van der Waals surface area contributed by atoms with Gasteiger partial charge in [-0.15, -0.1) is 0 Å². The Balaban J connectivity index is 2.65. The van der Waals surface area contributed by atoms with Crippen molar-refractivity contribution in [1.82, 2.24) is 9.97 Å². The molecule has 0 radical (unpaired) electrons. The van der Waals surface area contributed by atoms with Crippen LogP contribution in [-0.2, 0) is 19.6 Å². The van der Waals surface area contributed by atoms with Gasteiger partial charge in [-0.25, -0.2) is 14.8 Å². The third-order valence-corrected chi connectivity index (χ3v) is 5.03. The summed E-state index contributed by atoms with van der Waals surface area (Å²) in [6.45, 7) is 1.48. The molecule has 0 bridgehead atoms. The number of carbonyl (C=O) groups is 2. The largest absolute Gasteiger partial charge is 0.517 e. The number of esters is 1. The van der Waals surface area contributed by atoms with Crippen LogP contribution >= 0.6 is 0 Å². The Morgan fingerprint density at radius 3 is 2.33 bits per heavy atom. The molecule has 0 fully saturated rings. The van der Waals surface area contributed by atoms with Gasteiger partial charge in [0.25, 0.3) is 0 Å². The summed E-state index contributed by atoms with van der Waals surface area (Å²) in [5.74, 6) is -2.64. The van der Waals surface area contributed by atoms with E-state index < -0.39 is 49.4 Å². The fourth-order valence-electron chi connectivity index (χ4n) is 2.29. The zero-order chi connectivity index (χ0) is 22.5. The first-order chi connectivity index (χ1) is 14.0. The molecule has 2 aromatic rings. The van der Waals surface area contributed by atoms with Gasteiger partial charge in [0.05, 0.1) is 18.4 Å². The first-order valence-electron chi connectivity index (χ1n) is 8.34. The van der Waals surface area contributed by atoms with Crippen molar-refractivity contribution < 1.29 is 40.7 Å². The molecule has 1 amide bonds. The van der Waals surface area contributed by atoms with Crippen molar-refractivity contribution in [1.29, 1.82) is 0 Å². The van der Waals surface area contributed by atoms with E-state index in [4.69, 9.17) is 4.74 Å². The van der Waals surface area contributed by atoms with Crippen molar-refractivity contribution in [2.45, 2.75) is 25.3 Å². The van der Waals surface area contributed by atoms with Crippen LogP contribution < -0.4 is 9.04 Å². The Hall–Kier alpha value is -3.22. The fourth-order valence-corrected chi connectivity index (χ4v) is 3.27. The van der Waals surface area contributed by atoms with E-state index in [1.54, 1.807) is 0 Å². The lowest BCUT2D eigenvalue weighted by atomic mass is 10.1. The molecule has 0 unspecified atom stereocenters. The number of benzene rings is 1. The minimum Gasteiger partial charge on any atom is -0.465 e. The number of alkyl halides is 3. The maximum atomic E-state index is 13.2. The highest BCUT2D eigenvalue weighted by Crippen LogP contribution is 2.35. The Kier molecular flexibility index (Phi) is 6.97. The number of ether oxygens (including phenoxy) is 2. The molecule has 0 atom stereocenters. The minimum atomic E-state index is -6.14. The molecule has 0 saturated heterocycles. The summed E-state index contributed by atoms with van der Waals surface area (Å²) in [5.41, 5.74) is -7.24. The number of hydrogen-bond acceptors (Lipinski definition) is 8. The fraction of sp³-hybridized carbons (Fsp3) is 0.294. The van der Waals surface area contributed by atoms with Gasteiger partial charge in [0.2, 0.25) is 5.91 Å². The van der Waals surface area contributed by atoms with Crippen LogP contribution in [0.2, 0.25) is 0 Å². The molecule has 13 heteroatoms. The van der Waals surface area contributed by atoms with Gasteiger partial charge in [-0.3, -0.25) is 4.79 Å². The van der Waals surface area contributed by atoms with Gasteiger partial charge in [0.15, 0.2) is 0 Å². The van der Waals surface area contributed by atoms with Gasteiger partial charge in [0.1, 0.15) is 5.75 Å². The van der Waals surface area contributed by atoms with Crippen LogP contribution in [0.5, 0.6) is 11.8 Å². The lowest BCUT2D eigenvalue weighted by Crippen LogP contribution is -2.45. The highest BCUT2D eigenvalue weighted by atomic mass is 32.2. The molecule has 2 rings (SSSR count). The van der Waals surface area contributed by atoms with E-state index in [2.05, 4.69) is 14.7 Å². The highest BCUT2D eigenvalue weighted by Gasteiger charge is 2.53. The standard InChI is InChI=1S/C17H16F3N3O6S/c1-3-5-14(24)23(30(26,27)17(18,19)20)13-7-6-11(10-12(13)15(25)28-2)29-16-21-8-4-9-22-16/h4,6-10H,3,5H2,1-2H3. The molecule has 1 heterocycles. The van der Waals surface area contributed by atoms with Gasteiger partial charge < -0.3 is 9.47 Å². The van der Waals surface area contributed by atoms with E-state index in [1.807, 2.05) is 0 Å². The molecule has 30 heavy (non-hydrogen) atoms. The number of sulfonamides is 1. The molecule has 1 aromatic heterocycles. The summed E-state index contributed by atoms with van der Waals surface area (Å²) in [6.07, 6.45) is 2.28. The number of methoxy groups -OCH3 is 1. The second kappa shape index (κ2) is 9.07. The zero-order valence-electron chi connectivity index (χ0n) is 15.7. The van der Waals surface area contributed by atoms with Gasteiger partial charge in [-0.1, -0.05) is 6.92 Å². The average molecular weight is 447 g/mol. The average Bonchev–Trinajstić information content (AvgIpc) is 2.68. The predicted molar refractivity (Wildman–Crippen MR) is 97.3 cm³/mol. The summed E-state index contributed by atoms with van der Waals surface area (Å²) in [4.78, 5) is 32.1. The molecule has 0 aliphatic rings. The Morgan fingerprint density at radius 1 is 1.17 bits per heavy atom. The summed E-state index contributed by atoms with van der Waals surface area (Å²) in [7, 11) is -5.20. The van der Waals surface area contributed by atoms with Crippen molar-refractivity contribution in [2.75, 3.05) is 11.4 Å². The molecule has 0 N–H and O–H groups in total. The molecule has 1 aromatic carbocycles. The second-order valence-corrected chi connectivity index (χ2v) is 7.44. The van der Waals surface area contributed by atoms with E-state index in [0.717, 1.165) is 25.3 Å². The first kappa shape index (κ1) is 23.1. The number of anilines is 1. The number of amides is 1. The van der Waals surface area contributed by atoms with Crippen molar-refractivity contribution in [3.8, 4) is 11.8 Å². The van der Waals surface area contributed by atoms with E-state index in [0.29, 0.717) is 0 Å². The smallest absolute Gasteiger partial charge is 0.465 e. The normalized spacial score (nSPS) is 11.6. The zero-order valence-corrected chi connectivity index (χ0v) is 16.5. The number of hydrogen-bond donors (Lipinski definition) is 0. The Morgan fingerprint density at radius 2 is 1.80 bits per heavy atom. The molecule has 0 aliphatic carbocycles. The van der Waals surface area contributed by atoms with Crippen LogP contribution in [0.3, 0.4) is 0 Å². The third kappa shape index (κ3) is 4.84. The lowest BCUT2D eigenvalue weighted by molar-refractivity contribution is -0.118. The van der Waals surface area contributed by atoms with E-state index in [9.17, 15) is 31.2 Å². The monoisotopic (exact) mass is 447 g/mol. The number of nitrogens with zero attached hydrogens (tertiary/aromatic N) is 3. The highest BCUT2D eigenvalue weighted by molar-refractivity contribution is 7.94. The van der Waals surface area contributed by atoms with E-state index in [1.165, 1.54) is 25.4 Å². The van der Waals surface area contributed by atoms with Crippen molar-refractivity contribution in [3.05, 3.63) is 42.2 Å². The van der Waals surface area contributed by atoms with Crippen LogP contribution in [-0.4, -0.2) is 42.9 Å². The van der Waals surface area contributed by atoms with Gasteiger partial charge in [-0.05, 0) is 30.7 Å². The van der Waals surface area contributed by atoms with E-state index >= 15 is 0 Å². The number of rotatable bonds is 7. The molecule has 162 valence electrons. The van der Waals surface area contributed by atoms with Crippen molar-refractivity contribution in [3.63, 3.8) is 0 Å². The van der Waals surface area contributed by atoms with Crippen LogP contribution in [0.1, 0.15) is 30.1 Å². The first-order valence-corrected chi connectivity index (χ1v) is 9.78. The van der Waals surface area contributed by atoms with Crippen LogP contribution in [0.15, 0.2) is 36.7 Å². The van der Waals surface area contributed by atoms with Crippen LogP contribution in [0.25, 0.3) is 0 Å². The lowest BCUT2D eigenvalue weighted by Gasteiger charge is -2.25. The SMILES string of the molecule is CCCC(=O)N(c1ccc(Oc2ncccn2)cc1C(=O)OC)S(=O)(=O)C(F)(F)F. The summed E-state index contributed by atoms with van der Waals surface area (Å²) >= 11 is 0. The Labute approximate surface area is 169 Å². The minimum absolute atomic E-state index is 0.0722.